The van der Waals surface area contributed by atoms with Crippen LogP contribution in [0.25, 0.3) is 0 Å². The molecule has 6 atom stereocenters. The predicted octanol–water partition coefficient (Wildman–Crippen LogP) is 1.20. The molecule has 11 nitrogen and oxygen atoms in total. The lowest BCUT2D eigenvalue weighted by Crippen LogP contribution is -2.61. The highest BCUT2D eigenvalue weighted by Gasteiger charge is 2.77. The molecule has 2 fully saturated rings. The number of fused-ring (bicyclic) bond motifs is 1. The molecule has 0 aromatic heterocycles. The Morgan fingerprint density at radius 1 is 1.21 bits per heavy atom. The number of esters is 3. The lowest BCUT2D eigenvalue weighted by atomic mass is 9.88. The van der Waals surface area contributed by atoms with Crippen LogP contribution in [0.1, 0.15) is 48.0 Å². The van der Waals surface area contributed by atoms with Crippen molar-refractivity contribution in [1.82, 2.24) is 10.6 Å². The van der Waals surface area contributed by atoms with Gasteiger partial charge < -0.3 is 29.6 Å². The van der Waals surface area contributed by atoms with Gasteiger partial charge in [-0.05, 0) is 34.6 Å². The van der Waals surface area contributed by atoms with E-state index in [2.05, 4.69) is 17.2 Å². The lowest BCUT2D eigenvalue weighted by molar-refractivity contribution is -0.159. The SMILES string of the molecule is C=COC(=O)[C@H]1[C@H]2[C@@H]1[C@](NC(=O)[C@H](C)NC(=O)OC(C)(C)C)(C(=O)OCC)C[C@@H]2OC(C)=O. The Hall–Kier alpha value is -3.11. The van der Waals surface area contributed by atoms with Crippen molar-refractivity contribution in [2.45, 2.75) is 71.2 Å². The minimum Gasteiger partial charge on any atom is -0.464 e. The first-order valence-electron chi connectivity index (χ1n) is 10.7. The highest BCUT2D eigenvalue weighted by Crippen LogP contribution is 2.64. The van der Waals surface area contributed by atoms with Gasteiger partial charge in [-0.1, -0.05) is 6.58 Å². The first-order valence-corrected chi connectivity index (χ1v) is 10.7. The number of hydrogen-bond donors (Lipinski definition) is 2. The molecule has 0 radical (unpaired) electrons. The Balaban J connectivity index is 2.29. The highest BCUT2D eigenvalue weighted by molar-refractivity contribution is 5.94. The first-order chi connectivity index (χ1) is 15.3. The zero-order chi connectivity index (χ0) is 25.1. The van der Waals surface area contributed by atoms with Crippen LogP contribution in [0.3, 0.4) is 0 Å². The number of carbonyl (C=O) groups excluding carboxylic acids is 5. The van der Waals surface area contributed by atoms with E-state index in [1.165, 1.54) is 13.8 Å². The quantitative estimate of drug-likeness (QED) is 0.305. The lowest BCUT2D eigenvalue weighted by Gasteiger charge is -2.33. The summed E-state index contributed by atoms with van der Waals surface area (Å²) in [6, 6.07) is -1.07. The summed E-state index contributed by atoms with van der Waals surface area (Å²) in [6.07, 6.45) is -0.733. The molecule has 11 heteroatoms. The van der Waals surface area contributed by atoms with Crippen molar-refractivity contribution in [3.8, 4) is 0 Å². The summed E-state index contributed by atoms with van der Waals surface area (Å²) in [6.45, 7) is 12.7. The zero-order valence-electron chi connectivity index (χ0n) is 19.8. The van der Waals surface area contributed by atoms with Crippen LogP contribution in [0.4, 0.5) is 4.79 Å². The van der Waals surface area contributed by atoms with Gasteiger partial charge in [0.2, 0.25) is 5.91 Å². The molecular weight excluding hydrogens is 436 g/mol. The fraction of sp³-hybridized carbons (Fsp3) is 0.682. The number of hydrogen-bond acceptors (Lipinski definition) is 9. The van der Waals surface area contributed by atoms with Gasteiger partial charge in [-0.3, -0.25) is 14.4 Å². The van der Waals surface area contributed by atoms with Crippen molar-refractivity contribution in [2.24, 2.45) is 17.8 Å². The fourth-order valence-corrected chi connectivity index (χ4v) is 4.36. The standard InChI is InChI=1S/C22H32N2O9/c1-8-30-18(27)15-14-13(32-12(4)25)10-22(16(14)15,19(28)31-9-2)24-17(26)11(3)23-20(29)33-21(5,6)7/h8,11,13-16H,1,9-10H2,2-7H3,(H,23,29)(H,24,26)/t11-,13-,14-,15-,16-,22-/m0/s1. The second-order valence-corrected chi connectivity index (χ2v) is 9.13. The van der Waals surface area contributed by atoms with E-state index in [0.29, 0.717) is 0 Å². The van der Waals surface area contributed by atoms with Gasteiger partial charge in [-0.25, -0.2) is 9.59 Å². The molecule has 0 heterocycles. The Bertz CT molecular complexity index is 834. The third-order valence-corrected chi connectivity index (χ3v) is 5.50. The monoisotopic (exact) mass is 468 g/mol. The highest BCUT2D eigenvalue weighted by atomic mass is 16.6. The molecule has 2 rings (SSSR count). The molecule has 2 amide bonds. The summed E-state index contributed by atoms with van der Waals surface area (Å²) >= 11 is 0. The van der Waals surface area contributed by atoms with E-state index in [9.17, 15) is 24.0 Å². The van der Waals surface area contributed by atoms with Crippen molar-refractivity contribution < 1.29 is 42.9 Å². The van der Waals surface area contributed by atoms with Crippen molar-refractivity contribution in [2.75, 3.05) is 6.61 Å². The average molecular weight is 469 g/mol. The number of ether oxygens (including phenoxy) is 4. The molecule has 0 aromatic carbocycles. The average Bonchev–Trinajstić information content (AvgIpc) is 3.34. The molecule has 0 bridgehead atoms. The van der Waals surface area contributed by atoms with E-state index in [0.717, 1.165) is 6.26 Å². The third kappa shape index (κ3) is 5.82. The van der Waals surface area contributed by atoms with Crippen LogP contribution >= 0.6 is 0 Å². The maximum absolute atomic E-state index is 13.1. The van der Waals surface area contributed by atoms with Crippen LogP contribution in [-0.2, 0) is 38.1 Å². The summed E-state index contributed by atoms with van der Waals surface area (Å²) in [7, 11) is 0. The zero-order valence-corrected chi connectivity index (χ0v) is 19.8. The van der Waals surface area contributed by atoms with E-state index >= 15 is 0 Å². The molecule has 0 saturated heterocycles. The molecule has 2 N–H and O–H groups in total. The molecule has 0 spiro atoms. The fourth-order valence-electron chi connectivity index (χ4n) is 4.36. The molecule has 2 aliphatic rings. The summed E-state index contributed by atoms with van der Waals surface area (Å²) in [4.78, 5) is 62.2. The number of carbonyl (C=O) groups is 5. The molecule has 2 aliphatic carbocycles. The van der Waals surface area contributed by atoms with Crippen molar-refractivity contribution in [3.63, 3.8) is 0 Å². The smallest absolute Gasteiger partial charge is 0.408 e. The van der Waals surface area contributed by atoms with Crippen molar-refractivity contribution >= 4 is 29.9 Å². The van der Waals surface area contributed by atoms with Crippen molar-refractivity contribution in [1.29, 1.82) is 0 Å². The maximum atomic E-state index is 13.1. The van der Waals surface area contributed by atoms with Crippen LogP contribution in [0.5, 0.6) is 0 Å². The van der Waals surface area contributed by atoms with Gasteiger partial charge in [0.25, 0.3) is 0 Å². The minimum absolute atomic E-state index is 0.0273. The normalized spacial score (nSPS) is 28.4. The molecule has 0 aromatic rings. The Morgan fingerprint density at radius 2 is 1.85 bits per heavy atom. The Kier molecular flexibility index (Phi) is 7.76. The van der Waals surface area contributed by atoms with Gasteiger partial charge in [0.1, 0.15) is 23.3 Å². The van der Waals surface area contributed by atoms with Gasteiger partial charge in [0, 0.05) is 25.2 Å². The molecule has 2 saturated carbocycles. The molecular formula is C22H32N2O9. The van der Waals surface area contributed by atoms with Gasteiger partial charge >= 0.3 is 24.0 Å². The molecule has 0 aliphatic heterocycles. The van der Waals surface area contributed by atoms with Crippen LogP contribution in [-0.4, -0.2) is 59.8 Å². The Labute approximate surface area is 192 Å². The third-order valence-electron chi connectivity index (χ3n) is 5.50. The largest absolute Gasteiger partial charge is 0.464 e. The van der Waals surface area contributed by atoms with E-state index < -0.39 is 70.9 Å². The number of alkyl carbamates (subject to hydrolysis) is 1. The topological polar surface area (TPSA) is 146 Å². The summed E-state index contributed by atoms with van der Waals surface area (Å²) in [5.41, 5.74) is -2.41. The summed E-state index contributed by atoms with van der Waals surface area (Å²) in [5, 5.41) is 5.07. The second kappa shape index (κ2) is 9.80. The van der Waals surface area contributed by atoms with Crippen LogP contribution in [0.2, 0.25) is 0 Å². The summed E-state index contributed by atoms with van der Waals surface area (Å²) < 4.78 is 20.6. The summed E-state index contributed by atoms with van der Waals surface area (Å²) in [5.74, 6) is -4.77. The van der Waals surface area contributed by atoms with Crippen LogP contribution < -0.4 is 10.6 Å². The molecule has 0 unspecified atom stereocenters. The van der Waals surface area contributed by atoms with Crippen molar-refractivity contribution in [3.05, 3.63) is 12.8 Å². The minimum atomic E-state index is -1.65. The van der Waals surface area contributed by atoms with E-state index in [1.54, 1.807) is 27.7 Å². The van der Waals surface area contributed by atoms with Gasteiger partial charge in [-0.2, -0.15) is 0 Å². The first kappa shape index (κ1) is 26.1. The van der Waals surface area contributed by atoms with E-state index in [-0.39, 0.29) is 13.0 Å². The second-order valence-electron chi connectivity index (χ2n) is 9.13. The number of nitrogens with one attached hydrogen (secondary N) is 2. The number of rotatable bonds is 8. The number of amides is 2. The molecule has 33 heavy (non-hydrogen) atoms. The van der Waals surface area contributed by atoms with Crippen LogP contribution in [0, 0.1) is 17.8 Å². The van der Waals surface area contributed by atoms with Crippen LogP contribution in [0.15, 0.2) is 12.8 Å². The van der Waals surface area contributed by atoms with Gasteiger partial charge in [-0.15, -0.1) is 0 Å². The molecule has 184 valence electrons. The van der Waals surface area contributed by atoms with Gasteiger partial charge in [0.15, 0.2) is 0 Å². The van der Waals surface area contributed by atoms with E-state index in [4.69, 9.17) is 18.9 Å². The van der Waals surface area contributed by atoms with E-state index in [1.807, 2.05) is 0 Å². The Morgan fingerprint density at radius 3 is 2.36 bits per heavy atom. The maximum Gasteiger partial charge on any atom is 0.408 e. The van der Waals surface area contributed by atoms with Gasteiger partial charge in [0.05, 0.1) is 18.8 Å². The predicted molar refractivity (Wildman–Crippen MR) is 113 cm³/mol.